The van der Waals surface area contributed by atoms with Gasteiger partial charge in [0.1, 0.15) is 11.5 Å². The van der Waals surface area contributed by atoms with Crippen LogP contribution in [0.2, 0.25) is 0 Å². The van der Waals surface area contributed by atoms with Crippen LogP contribution in [0.4, 0.5) is 0 Å². The van der Waals surface area contributed by atoms with E-state index in [0.717, 1.165) is 0 Å². The maximum absolute atomic E-state index is 12.8. The fourth-order valence-corrected chi connectivity index (χ4v) is 3.49. The number of ether oxygens (including phenoxy) is 2. The first-order valence-electron chi connectivity index (χ1n) is 10.0. The Hall–Kier alpha value is -2.41. The molecule has 24 heavy (non-hydrogen) atoms. The Labute approximate surface area is 151 Å². The van der Waals surface area contributed by atoms with E-state index in [1.165, 1.54) is 18.3 Å². The Morgan fingerprint density at radius 2 is 2.12 bits per heavy atom. The molecular formula is C17H19N3O3S. The van der Waals surface area contributed by atoms with Crippen LogP contribution in [-0.4, -0.2) is 33.2 Å². The highest BCUT2D eigenvalue weighted by Gasteiger charge is 2.16. The zero-order valence-electron chi connectivity index (χ0n) is 19.0. The van der Waals surface area contributed by atoms with Gasteiger partial charge in [-0.2, -0.15) is 0 Å². The molecule has 1 N–H and O–H groups in total. The average molecular weight is 351 g/mol. The van der Waals surface area contributed by atoms with E-state index in [0.29, 0.717) is 27.9 Å². The molecule has 0 aliphatic carbocycles. The smallest absolute Gasteiger partial charge is 0.197 e. The summed E-state index contributed by atoms with van der Waals surface area (Å²) in [5.41, 5.74) is 2.44. The van der Waals surface area contributed by atoms with Gasteiger partial charge in [-0.05, 0) is 26.0 Å². The summed E-state index contributed by atoms with van der Waals surface area (Å²) in [4.78, 5) is 11.4. The maximum Gasteiger partial charge on any atom is 0.197 e. The minimum atomic E-state index is -2.61. The van der Waals surface area contributed by atoms with Crippen LogP contribution in [0.1, 0.15) is 25.0 Å². The minimum absolute atomic E-state index is 0.0120. The lowest BCUT2D eigenvalue weighted by Gasteiger charge is -2.11. The third-order valence-electron chi connectivity index (χ3n) is 3.68. The molecule has 0 aliphatic heterocycles. The first-order valence-corrected chi connectivity index (χ1v) is 8.35. The molecular weight excluding hydrogens is 326 g/mol. The lowest BCUT2D eigenvalue weighted by atomic mass is 10.1. The van der Waals surface area contributed by atoms with Gasteiger partial charge in [0.15, 0.2) is 5.16 Å². The molecule has 0 radical (unpaired) electrons. The van der Waals surface area contributed by atoms with Crippen molar-refractivity contribution >= 4 is 21.8 Å². The number of hydrogen-bond acceptors (Lipinski definition) is 5. The summed E-state index contributed by atoms with van der Waals surface area (Å²) < 4.78 is 66.2. The molecule has 1 atom stereocenters. The molecule has 3 aromatic rings. The molecule has 0 spiro atoms. The van der Waals surface area contributed by atoms with Crippen LogP contribution in [0.25, 0.3) is 11.0 Å². The summed E-state index contributed by atoms with van der Waals surface area (Å²) in [5.74, 6) is 0.307. The van der Waals surface area contributed by atoms with Crippen molar-refractivity contribution in [3.05, 3.63) is 41.2 Å². The molecule has 0 saturated carbocycles. The number of rotatable bonds is 5. The van der Waals surface area contributed by atoms with Gasteiger partial charge in [-0.1, -0.05) is 0 Å². The van der Waals surface area contributed by atoms with Crippen LogP contribution in [0, 0.1) is 13.8 Å². The van der Waals surface area contributed by atoms with Crippen LogP contribution in [0.15, 0.2) is 29.6 Å². The monoisotopic (exact) mass is 351 g/mol. The fraction of sp³-hybridized carbons (Fsp3) is 0.294. The molecule has 0 saturated heterocycles. The van der Waals surface area contributed by atoms with Crippen molar-refractivity contribution in [1.29, 1.82) is 0 Å². The number of H-pyrrole nitrogens is 1. The van der Waals surface area contributed by atoms with Gasteiger partial charge in [-0.15, -0.1) is 0 Å². The number of methoxy groups -OCH3 is 2. The van der Waals surface area contributed by atoms with E-state index >= 15 is 0 Å². The lowest BCUT2D eigenvalue weighted by Crippen LogP contribution is -2.05. The van der Waals surface area contributed by atoms with Crippen molar-refractivity contribution in [2.75, 3.05) is 14.1 Å². The number of benzene rings is 1. The van der Waals surface area contributed by atoms with Crippen molar-refractivity contribution in [3.63, 3.8) is 0 Å². The first-order chi connectivity index (χ1) is 13.8. The predicted molar refractivity (Wildman–Crippen MR) is 93.0 cm³/mol. The second kappa shape index (κ2) is 6.60. The second-order valence-corrected chi connectivity index (χ2v) is 6.62. The van der Waals surface area contributed by atoms with E-state index in [2.05, 4.69) is 15.0 Å². The summed E-state index contributed by atoms with van der Waals surface area (Å²) in [6.45, 7) is 3.34. The molecule has 3 rings (SSSR count). The van der Waals surface area contributed by atoms with Crippen LogP contribution in [0.5, 0.6) is 11.5 Å². The molecule has 0 aliphatic rings. The molecule has 126 valence electrons. The number of fused-ring (bicyclic) bond motifs is 1. The van der Waals surface area contributed by atoms with Crippen LogP contribution in [-0.2, 0) is 16.6 Å². The second-order valence-electron chi connectivity index (χ2n) is 5.26. The zero-order valence-corrected chi connectivity index (χ0v) is 13.9. The SMILES string of the molecule is [2H]C([2H])([2H])Oc1ccc2nc([S@@](=O)Cc3ncc(C)c(OC([2H])([2H])[2H])c3C)[nH]c2c1. The van der Waals surface area contributed by atoms with Gasteiger partial charge in [0.05, 0.1) is 55.6 Å². The third-order valence-corrected chi connectivity index (χ3v) is 4.84. The standard InChI is InChI=1S/C17H19N3O3S/c1-10-8-18-15(11(2)16(10)23-4)9-24(21)17-19-13-6-5-12(22-3)7-14(13)20-17/h5-8H,9H2,1-4H3,(H,19,20)/t24-/m0/s1/i3D3,4D3. The molecule has 0 fully saturated rings. The number of nitrogens with one attached hydrogen (secondary N) is 1. The quantitative estimate of drug-likeness (QED) is 0.765. The van der Waals surface area contributed by atoms with Gasteiger partial charge in [0.2, 0.25) is 0 Å². The van der Waals surface area contributed by atoms with Gasteiger partial charge < -0.3 is 14.5 Å². The fourth-order valence-electron chi connectivity index (χ4n) is 2.39. The Balaban J connectivity index is 1.85. The molecule has 2 aromatic heterocycles. The number of pyridine rings is 1. The molecule has 0 unspecified atom stereocenters. The highest BCUT2D eigenvalue weighted by molar-refractivity contribution is 7.84. The van der Waals surface area contributed by atoms with E-state index in [1.807, 2.05) is 0 Å². The number of hydrogen-bond donors (Lipinski definition) is 1. The van der Waals surface area contributed by atoms with E-state index in [-0.39, 0.29) is 22.4 Å². The largest absolute Gasteiger partial charge is 0.497 e. The van der Waals surface area contributed by atoms with Gasteiger partial charge >= 0.3 is 0 Å². The Kier molecular flexibility index (Phi) is 2.88. The van der Waals surface area contributed by atoms with Gasteiger partial charge in [0.25, 0.3) is 0 Å². The van der Waals surface area contributed by atoms with Gasteiger partial charge in [-0.3, -0.25) is 9.19 Å². The zero-order chi connectivity index (χ0) is 22.3. The summed E-state index contributed by atoms with van der Waals surface area (Å²) in [6.07, 6.45) is 1.47. The molecule has 0 amide bonds. The minimum Gasteiger partial charge on any atom is -0.497 e. The van der Waals surface area contributed by atoms with Crippen molar-refractivity contribution in [1.82, 2.24) is 15.0 Å². The highest BCUT2D eigenvalue weighted by Crippen LogP contribution is 2.26. The third kappa shape index (κ3) is 2.99. The molecule has 1 aromatic carbocycles. The summed E-state index contributed by atoms with van der Waals surface area (Å²) in [5, 5.41) is 0.177. The van der Waals surface area contributed by atoms with Crippen LogP contribution >= 0.6 is 0 Å². The molecule has 2 heterocycles. The van der Waals surface area contributed by atoms with Crippen molar-refractivity contribution in [2.45, 2.75) is 24.8 Å². The van der Waals surface area contributed by atoms with E-state index < -0.39 is 24.9 Å². The van der Waals surface area contributed by atoms with Crippen molar-refractivity contribution < 1.29 is 21.9 Å². The molecule has 6 nitrogen and oxygen atoms in total. The molecule has 0 bridgehead atoms. The number of aromatic nitrogens is 3. The van der Waals surface area contributed by atoms with Gasteiger partial charge in [0, 0.05) is 23.4 Å². The van der Waals surface area contributed by atoms with Gasteiger partial charge in [-0.25, -0.2) is 4.98 Å². The molecule has 7 heteroatoms. The van der Waals surface area contributed by atoms with E-state index in [1.54, 1.807) is 19.9 Å². The van der Waals surface area contributed by atoms with Crippen molar-refractivity contribution in [2.24, 2.45) is 0 Å². The van der Waals surface area contributed by atoms with E-state index in [4.69, 9.17) is 17.7 Å². The predicted octanol–water partition coefficient (Wildman–Crippen LogP) is 2.90. The number of imidazole rings is 1. The van der Waals surface area contributed by atoms with Crippen molar-refractivity contribution in [3.8, 4) is 11.5 Å². The topological polar surface area (TPSA) is 77.1 Å². The number of aryl methyl sites for hydroxylation is 1. The highest BCUT2D eigenvalue weighted by atomic mass is 32.2. The summed E-state index contributed by atoms with van der Waals surface area (Å²) >= 11 is 0. The average Bonchev–Trinajstić information content (AvgIpc) is 3.02. The maximum atomic E-state index is 12.8. The van der Waals surface area contributed by atoms with Crippen LogP contribution < -0.4 is 9.47 Å². The summed E-state index contributed by atoms with van der Waals surface area (Å²) in [7, 11) is -6.81. The number of aromatic amines is 1. The Morgan fingerprint density at radius 1 is 1.29 bits per heavy atom. The number of nitrogens with zero attached hydrogens (tertiary/aromatic N) is 2. The van der Waals surface area contributed by atoms with E-state index in [9.17, 15) is 4.21 Å². The normalized spacial score (nSPS) is 17.1. The lowest BCUT2D eigenvalue weighted by molar-refractivity contribution is 0.407. The Morgan fingerprint density at radius 3 is 2.92 bits per heavy atom. The van der Waals surface area contributed by atoms with Crippen LogP contribution in [0.3, 0.4) is 0 Å². The Bertz CT molecular complexity index is 1110. The summed E-state index contributed by atoms with van der Waals surface area (Å²) in [6, 6.07) is 4.49. The first kappa shape index (κ1) is 10.5.